The number of carbonyl (C=O) groups is 1. The number of likely N-dealkylation sites (N-methyl/N-ethyl adjacent to an activating group) is 1. The molecule has 1 atom stereocenters. The van der Waals surface area contributed by atoms with Crippen molar-refractivity contribution in [2.45, 2.75) is 6.10 Å². The van der Waals surface area contributed by atoms with Gasteiger partial charge in [0.25, 0.3) is 0 Å². The van der Waals surface area contributed by atoms with Gasteiger partial charge in [-0.25, -0.2) is 8.42 Å². The van der Waals surface area contributed by atoms with E-state index < -0.39 is 10.0 Å². The predicted octanol–water partition coefficient (Wildman–Crippen LogP) is -1.65. The highest BCUT2D eigenvalue weighted by Gasteiger charge is 2.28. The number of amides is 1. The monoisotopic (exact) mass is 348 g/mol. The third kappa shape index (κ3) is 5.68. The molecule has 134 valence electrons. The zero-order valence-corrected chi connectivity index (χ0v) is 15.1. The summed E-state index contributed by atoms with van der Waals surface area (Å²) < 4.78 is 30.1. The highest BCUT2D eigenvalue weighted by atomic mass is 32.2. The van der Waals surface area contributed by atoms with Gasteiger partial charge in [0.15, 0.2) is 0 Å². The van der Waals surface area contributed by atoms with E-state index in [2.05, 4.69) is 9.80 Å². The molecule has 0 unspecified atom stereocenters. The molecule has 0 aromatic rings. The summed E-state index contributed by atoms with van der Waals surface area (Å²) in [6, 6.07) is 0. The highest BCUT2D eigenvalue weighted by Crippen LogP contribution is 2.09. The zero-order valence-electron chi connectivity index (χ0n) is 14.3. The van der Waals surface area contributed by atoms with Gasteiger partial charge in [0.1, 0.15) is 0 Å². The number of hydrogen-bond acceptors (Lipinski definition) is 6. The van der Waals surface area contributed by atoms with Crippen LogP contribution in [0.1, 0.15) is 0 Å². The fourth-order valence-corrected chi connectivity index (χ4v) is 3.83. The molecule has 0 aromatic carbocycles. The second-order valence-corrected chi connectivity index (χ2v) is 8.52. The molecule has 2 heterocycles. The van der Waals surface area contributed by atoms with Gasteiger partial charge in [0.2, 0.25) is 15.9 Å². The summed E-state index contributed by atoms with van der Waals surface area (Å²) in [6.45, 7) is 5.10. The number of ether oxygens (including phenoxy) is 1. The molecular weight excluding hydrogens is 320 g/mol. The maximum atomic E-state index is 12.4. The molecule has 0 N–H and O–H groups in total. The van der Waals surface area contributed by atoms with Crippen molar-refractivity contribution in [2.24, 2.45) is 0 Å². The van der Waals surface area contributed by atoms with Gasteiger partial charge in [-0.3, -0.25) is 9.69 Å². The maximum Gasteiger partial charge on any atom is 0.236 e. The van der Waals surface area contributed by atoms with E-state index in [1.807, 2.05) is 14.1 Å². The first kappa shape index (κ1) is 18.6. The molecular formula is C14H28N4O4S. The van der Waals surface area contributed by atoms with E-state index in [-0.39, 0.29) is 12.0 Å². The minimum absolute atomic E-state index is 0.0728. The van der Waals surface area contributed by atoms with Gasteiger partial charge >= 0.3 is 0 Å². The molecule has 0 bridgehead atoms. The second-order valence-electron chi connectivity index (χ2n) is 6.53. The Morgan fingerprint density at radius 2 is 1.83 bits per heavy atom. The molecule has 2 aliphatic rings. The number of piperazine rings is 1. The molecule has 1 amide bonds. The van der Waals surface area contributed by atoms with Crippen molar-refractivity contribution in [1.82, 2.24) is 19.0 Å². The van der Waals surface area contributed by atoms with E-state index in [4.69, 9.17) is 4.74 Å². The van der Waals surface area contributed by atoms with Crippen molar-refractivity contribution in [2.75, 3.05) is 79.3 Å². The summed E-state index contributed by atoms with van der Waals surface area (Å²) in [5, 5.41) is 0. The molecule has 0 radical (unpaired) electrons. The van der Waals surface area contributed by atoms with E-state index in [1.165, 1.54) is 10.6 Å². The maximum absolute atomic E-state index is 12.4. The Labute approximate surface area is 139 Å². The van der Waals surface area contributed by atoms with E-state index >= 15 is 0 Å². The quantitative estimate of drug-likeness (QED) is 0.593. The molecule has 2 fully saturated rings. The summed E-state index contributed by atoms with van der Waals surface area (Å²) in [5.41, 5.74) is 0. The summed E-state index contributed by atoms with van der Waals surface area (Å²) in [5.74, 6) is 0.0728. The topological polar surface area (TPSA) is 73.4 Å². The van der Waals surface area contributed by atoms with Crippen molar-refractivity contribution in [1.29, 1.82) is 0 Å². The number of morpholine rings is 1. The third-order valence-electron chi connectivity index (χ3n) is 4.21. The Hall–Kier alpha value is -0.740. The largest absolute Gasteiger partial charge is 0.374 e. The van der Waals surface area contributed by atoms with Crippen molar-refractivity contribution >= 4 is 15.9 Å². The Kier molecular flexibility index (Phi) is 6.38. The van der Waals surface area contributed by atoms with Gasteiger partial charge in [-0.15, -0.1) is 0 Å². The average molecular weight is 348 g/mol. The SMILES string of the molecule is CN(C)C[C@@H]1CN(CC(=O)N2CCN(S(C)(=O)=O)CC2)CCO1. The van der Waals surface area contributed by atoms with Crippen LogP contribution >= 0.6 is 0 Å². The molecule has 2 saturated heterocycles. The van der Waals surface area contributed by atoms with Crippen LogP contribution in [0.25, 0.3) is 0 Å². The van der Waals surface area contributed by atoms with Gasteiger partial charge in [-0.1, -0.05) is 0 Å². The lowest BCUT2D eigenvalue weighted by atomic mass is 10.2. The fourth-order valence-electron chi connectivity index (χ4n) is 3.00. The summed E-state index contributed by atoms with van der Waals surface area (Å²) in [6.07, 6.45) is 1.34. The fraction of sp³-hybridized carbons (Fsp3) is 0.929. The molecule has 8 nitrogen and oxygen atoms in total. The van der Waals surface area contributed by atoms with Crippen molar-refractivity contribution < 1.29 is 17.9 Å². The number of sulfonamides is 1. The lowest BCUT2D eigenvalue weighted by molar-refractivity contribution is -0.135. The van der Waals surface area contributed by atoms with Crippen molar-refractivity contribution in [3.63, 3.8) is 0 Å². The van der Waals surface area contributed by atoms with Crippen LogP contribution in [0.2, 0.25) is 0 Å². The van der Waals surface area contributed by atoms with Crippen LogP contribution < -0.4 is 0 Å². The van der Waals surface area contributed by atoms with Crippen molar-refractivity contribution in [3.8, 4) is 0 Å². The standard InChI is InChI=1S/C14H28N4O4S/c1-15(2)10-13-11-16(8-9-22-13)12-14(19)17-4-6-18(7-5-17)23(3,20)21/h13H,4-12H2,1-3H3/t13-/m1/s1. The number of rotatable bonds is 5. The number of hydrogen-bond donors (Lipinski definition) is 0. The molecule has 23 heavy (non-hydrogen) atoms. The molecule has 0 aromatic heterocycles. The van der Waals surface area contributed by atoms with Gasteiger partial charge in [-0.05, 0) is 14.1 Å². The summed E-state index contributed by atoms with van der Waals surface area (Å²) in [4.78, 5) is 18.4. The first-order valence-corrected chi connectivity index (χ1v) is 9.82. The smallest absolute Gasteiger partial charge is 0.236 e. The Morgan fingerprint density at radius 3 is 2.39 bits per heavy atom. The van der Waals surface area contributed by atoms with E-state index in [1.54, 1.807) is 4.90 Å². The Bertz CT molecular complexity index is 503. The van der Waals surface area contributed by atoms with Crippen molar-refractivity contribution in [3.05, 3.63) is 0 Å². The minimum Gasteiger partial charge on any atom is -0.374 e. The van der Waals surface area contributed by atoms with Crippen LogP contribution in [-0.2, 0) is 19.6 Å². The summed E-state index contributed by atoms with van der Waals surface area (Å²) in [7, 11) is 0.860. The van der Waals surface area contributed by atoms with Crippen LogP contribution in [-0.4, -0.2) is 119 Å². The molecule has 9 heteroatoms. The van der Waals surface area contributed by atoms with Crippen LogP contribution in [0.4, 0.5) is 0 Å². The van der Waals surface area contributed by atoms with Gasteiger partial charge in [0.05, 0.1) is 25.5 Å². The predicted molar refractivity (Wildman–Crippen MR) is 87.7 cm³/mol. The third-order valence-corrected chi connectivity index (χ3v) is 5.51. The second kappa shape index (κ2) is 7.89. The first-order chi connectivity index (χ1) is 10.8. The molecule has 0 spiro atoms. The molecule has 0 aliphatic carbocycles. The highest BCUT2D eigenvalue weighted by molar-refractivity contribution is 7.88. The number of carbonyl (C=O) groups excluding carboxylic acids is 1. The number of nitrogens with zero attached hydrogens (tertiary/aromatic N) is 4. The normalized spacial score (nSPS) is 25.0. The van der Waals surface area contributed by atoms with Crippen LogP contribution in [0.3, 0.4) is 0 Å². The summed E-state index contributed by atoms with van der Waals surface area (Å²) >= 11 is 0. The van der Waals surface area contributed by atoms with Crippen LogP contribution in [0, 0.1) is 0 Å². The molecule has 2 aliphatic heterocycles. The van der Waals surface area contributed by atoms with E-state index in [9.17, 15) is 13.2 Å². The minimum atomic E-state index is -3.16. The average Bonchev–Trinajstić information content (AvgIpc) is 2.46. The van der Waals surface area contributed by atoms with Gasteiger partial charge in [-0.2, -0.15) is 4.31 Å². The van der Waals surface area contributed by atoms with E-state index in [0.717, 1.165) is 19.6 Å². The van der Waals surface area contributed by atoms with Gasteiger partial charge in [0, 0.05) is 45.8 Å². The van der Waals surface area contributed by atoms with Gasteiger partial charge < -0.3 is 14.5 Å². The first-order valence-electron chi connectivity index (χ1n) is 7.97. The van der Waals surface area contributed by atoms with E-state index in [0.29, 0.717) is 39.3 Å². The Balaban J connectivity index is 1.79. The Morgan fingerprint density at radius 1 is 1.17 bits per heavy atom. The van der Waals surface area contributed by atoms with Crippen LogP contribution in [0.5, 0.6) is 0 Å². The lowest BCUT2D eigenvalue weighted by Crippen LogP contribution is -2.54. The van der Waals surface area contributed by atoms with Crippen LogP contribution in [0.15, 0.2) is 0 Å². The molecule has 0 saturated carbocycles. The molecule has 2 rings (SSSR count). The lowest BCUT2D eigenvalue weighted by Gasteiger charge is -2.37. The zero-order chi connectivity index (χ0) is 17.0.